The predicted molar refractivity (Wildman–Crippen MR) is 112 cm³/mol. The van der Waals surface area contributed by atoms with E-state index in [4.69, 9.17) is 0 Å². The molecule has 2 aromatic carbocycles. The molecule has 28 heavy (non-hydrogen) atoms. The second kappa shape index (κ2) is 8.88. The molecule has 1 amide bonds. The molecule has 3 aromatic rings. The number of nitrogens with one attached hydrogen (secondary N) is 2. The number of aromatic nitrogens is 2. The second-order valence-corrected chi connectivity index (χ2v) is 7.56. The average Bonchev–Trinajstić information content (AvgIpc) is 2.67. The first kappa shape index (κ1) is 19.9. The van der Waals surface area contributed by atoms with E-state index in [-0.39, 0.29) is 17.3 Å². The SMILES string of the molecule is CN(C)c1ccc2nc(SCCCC(=O)Nc3ccc(F)cc3)[nH]c(=O)c2c1. The highest BCUT2D eigenvalue weighted by atomic mass is 32.2. The fourth-order valence-corrected chi connectivity index (χ4v) is 3.42. The van der Waals surface area contributed by atoms with E-state index in [1.165, 1.54) is 36.0 Å². The van der Waals surface area contributed by atoms with Crippen molar-refractivity contribution in [1.29, 1.82) is 0 Å². The number of hydrogen-bond acceptors (Lipinski definition) is 5. The van der Waals surface area contributed by atoms with Gasteiger partial charge in [-0.1, -0.05) is 11.8 Å². The third-order valence-electron chi connectivity index (χ3n) is 4.10. The van der Waals surface area contributed by atoms with Gasteiger partial charge < -0.3 is 15.2 Å². The molecule has 6 nitrogen and oxygen atoms in total. The average molecular weight is 400 g/mol. The van der Waals surface area contributed by atoms with Crippen molar-refractivity contribution in [2.45, 2.75) is 18.0 Å². The summed E-state index contributed by atoms with van der Waals surface area (Å²) in [4.78, 5) is 33.5. The first-order valence-corrected chi connectivity index (χ1v) is 9.80. The van der Waals surface area contributed by atoms with Crippen LogP contribution >= 0.6 is 11.8 Å². The Morgan fingerprint density at radius 2 is 1.96 bits per heavy atom. The Bertz CT molecular complexity index is 1030. The summed E-state index contributed by atoms with van der Waals surface area (Å²) in [6, 6.07) is 11.2. The minimum Gasteiger partial charge on any atom is -0.378 e. The summed E-state index contributed by atoms with van der Waals surface area (Å²) in [5.74, 6) is 0.161. The van der Waals surface area contributed by atoms with Crippen molar-refractivity contribution >= 4 is 39.9 Å². The smallest absolute Gasteiger partial charge is 0.259 e. The summed E-state index contributed by atoms with van der Waals surface area (Å²) in [5, 5.41) is 3.81. The predicted octanol–water partition coefficient (Wildman–Crippen LogP) is 3.64. The number of nitrogens with zero attached hydrogens (tertiary/aromatic N) is 2. The number of fused-ring (bicyclic) bond motifs is 1. The van der Waals surface area contributed by atoms with Gasteiger partial charge in [-0.3, -0.25) is 9.59 Å². The summed E-state index contributed by atoms with van der Waals surface area (Å²) in [6.07, 6.45) is 0.952. The molecule has 3 rings (SSSR count). The molecule has 1 heterocycles. The monoisotopic (exact) mass is 400 g/mol. The summed E-state index contributed by atoms with van der Waals surface area (Å²) in [5.41, 5.74) is 1.97. The number of benzene rings is 2. The van der Waals surface area contributed by atoms with E-state index < -0.39 is 0 Å². The maximum atomic E-state index is 12.9. The molecule has 2 N–H and O–H groups in total. The molecule has 8 heteroatoms. The van der Waals surface area contributed by atoms with Crippen molar-refractivity contribution < 1.29 is 9.18 Å². The maximum Gasteiger partial charge on any atom is 0.259 e. The first-order chi connectivity index (χ1) is 13.4. The second-order valence-electron chi connectivity index (χ2n) is 6.47. The fourth-order valence-electron chi connectivity index (χ4n) is 2.61. The normalized spacial score (nSPS) is 10.8. The van der Waals surface area contributed by atoms with Crippen LogP contribution in [0, 0.1) is 5.82 Å². The Hall–Kier alpha value is -2.87. The highest BCUT2D eigenvalue weighted by Crippen LogP contribution is 2.20. The summed E-state index contributed by atoms with van der Waals surface area (Å²) in [6.45, 7) is 0. The molecule has 1 aromatic heterocycles. The molecule has 0 saturated carbocycles. The number of aromatic amines is 1. The van der Waals surface area contributed by atoms with Crippen LogP contribution < -0.4 is 15.8 Å². The molecule has 0 atom stereocenters. The Morgan fingerprint density at radius 1 is 1.21 bits per heavy atom. The maximum absolute atomic E-state index is 12.9. The van der Waals surface area contributed by atoms with Gasteiger partial charge in [0.05, 0.1) is 10.9 Å². The first-order valence-electron chi connectivity index (χ1n) is 8.82. The van der Waals surface area contributed by atoms with Crippen molar-refractivity contribution in [3.05, 3.63) is 58.6 Å². The number of anilines is 2. The van der Waals surface area contributed by atoms with E-state index in [0.29, 0.717) is 40.3 Å². The number of halogens is 1. The van der Waals surface area contributed by atoms with Gasteiger partial charge in [-0.2, -0.15) is 0 Å². The zero-order valence-electron chi connectivity index (χ0n) is 15.7. The molecule has 0 radical (unpaired) electrons. The van der Waals surface area contributed by atoms with E-state index in [2.05, 4.69) is 15.3 Å². The van der Waals surface area contributed by atoms with E-state index in [0.717, 1.165) is 5.69 Å². The molecule has 0 aliphatic heterocycles. The topological polar surface area (TPSA) is 78.1 Å². The lowest BCUT2D eigenvalue weighted by atomic mass is 10.2. The Labute approximate surface area is 166 Å². The van der Waals surface area contributed by atoms with Crippen LogP contribution in [0.15, 0.2) is 52.4 Å². The largest absolute Gasteiger partial charge is 0.378 e. The van der Waals surface area contributed by atoms with E-state index >= 15 is 0 Å². The van der Waals surface area contributed by atoms with Gasteiger partial charge in [0.2, 0.25) is 5.91 Å². The molecule has 0 aliphatic carbocycles. The van der Waals surface area contributed by atoms with Crippen molar-refractivity contribution in [2.75, 3.05) is 30.1 Å². The zero-order chi connectivity index (χ0) is 20.1. The van der Waals surface area contributed by atoms with E-state index in [1.807, 2.05) is 37.2 Å². The van der Waals surface area contributed by atoms with E-state index in [1.54, 1.807) is 0 Å². The number of hydrogen-bond donors (Lipinski definition) is 2. The molecule has 146 valence electrons. The van der Waals surface area contributed by atoms with Gasteiger partial charge in [0, 0.05) is 37.6 Å². The molecule has 0 saturated heterocycles. The van der Waals surface area contributed by atoms with Gasteiger partial charge in [-0.25, -0.2) is 9.37 Å². The Kier molecular flexibility index (Phi) is 6.30. The quantitative estimate of drug-likeness (QED) is 0.360. The van der Waals surface area contributed by atoms with Crippen LogP contribution in [-0.2, 0) is 4.79 Å². The zero-order valence-corrected chi connectivity index (χ0v) is 16.5. The minimum absolute atomic E-state index is 0.136. The van der Waals surface area contributed by atoms with Crippen molar-refractivity contribution in [3.63, 3.8) is 0 Å². The summed E-state index contributed by atoms with van der Waals surface area (Å²) < 4.78 is 12.9. The number of carbonyl (C=O) groups is 1. The summed E-state index contributed by atoms with van der Waals surface area (Å²) in [7, 11) is 3.83. The van der Waals surface area contributed by atoms with Gasteiger partial charge in [-0.15, -0.1) is 0 Å². The molecule has 0 unspecified atom stereocenters. The van der Waals surface area contributed by atoms with Crippen LogP contribution in [0.4, 0.5) is 15.8 Å². The van der Waals surface area contributed by atoms with Crippen LogP contribution in [0.3, 0.4) is 0 Å². The van der Waals surface area contributed by atoms with Crippen molar-refractivity contribution in [2.24, 2.45) is 0 Å². The molecule has 0 spiro atoms. The van der Waals surface area contributed by atoms with E-state index in [9.17, 15) is 14.0 Å². The van der Waals surface area contributed by atoms with Gasteiger partial charge >= 0.3 is 0 Å². The van der Waals surface area contributed by atoms with Gasteiger partial charge in [0.1, 0.15) is 5.82 Å². The number of H-pyrrole nitrogens is 1. The molecule has 0 bridgehead atoms. The van der Waals surface area contributed by atoms with Gasteiger partial charge in [0.25, 0.3) is 5.56 Å². The fraction of sp³-hybridized carbons (Fsp3) is 0.250. The van der Waals surface area contributed by atoms with Crippen molar-refractivity contribution in [1.82, 2.24) is 9.97 Å². The molecule has 0 aliphatic rings. The third-order valence-corrected chi connectivity index (χ3v) is 5.06. The van der Waals surface area contributed by atoms with Crippen LogP contribution in [-0.4, -0.2) is 35.7 Å². The van der Waals surface area contributed by atoms with Crippen molar-refractivity contribution in [3.8, 4) is 0 Å². The highest BCUT2D eigenvalue weighted by molar-refractivity contribution is 7.99. The molecular weight excluding hydrogens is 379 g/mol. The minimum atomic E-state index is -0.343. The Morgan fingerprint density at radius 3 is 2.68 bits per heavy atom. The number of amides is 1. The van der Waals surface area contributed by atoms with Crippen LogP contribution in [0.1, 0.15) is 12.8 Å². The Balaban J connectivity index is 1.53. The van der Waals surface area contributed by atoms with Crippen LogP contribution in [0.2, 0.25) is 0 Å². The molecule has 0 fully saturated rings. The third kappa shape index (κ3) is 5.10. The van der Waals surface area contributed by atoms with Gasteiger partial charge in [0.15, 0.2) is 5.16 Å². The van der Waals surface area contributed by atoms with Gasteiger partial charge in [-0.05, 0) is 48.9 Å². The standard InChI is InChI=1S/C20H21FN4O2S/c1-25(2)15-9-10-17-16(12-15)19(27)24-20(23-17)28-11-3-4-18(26)22-14-7-5-13(21)6-8-14/h5-10,12H,3-4,11H2,1-2H3,(H,22,26)(H,23,24,27). The number of rotatable bonds is 7. The number of carbonyl (C=O) groups excluding carboxylic acids is 1. The lowest BCUT2D eigenvalue weighted by Crippen LogP contribution is -2.13. The lowest BCUT2D eigenvalue weighted by Gasteiger charge is -2.12. The highest BCUT2D eigenvalue weighted by Gasteiger charge is 2.08. The summed E-state index contributed by atoms with van der Waals surface area (Å²) >= 11 is 1.40. The molecular formula is C20H21FN4O2S. The lowest BCUT2D eigenvalue weighted by molar-refractivity contribution is -0.116. The number of thioether (sulfide) groups is 1. The van der Waals surface area contributed by atoms with Crippen LogP contribution in [0.5, 0.6) is 0 Å². The van der Waals surface area contributed by atoms with Crippen LogP contribution in [0.25, 0.3) is 10.9 Å².